The van der Waals surface area contributed by atoms with Crippen LogP contribution in [0.3, 0.4) is 0 Å². The molecule has 0 spiro atoms. The van der Waals surface area contributed by atoms with Crippen LogP contribution in [0.4, 0.5) is 0 Å². The van der Waals surface area contributed by atoms with Crippen molar-refractivity contribution in [1.29, 1.82) is 0 Å². The number of ether oxygens (including phenoxy) is 2. The lowest BCUT2D eigenvalue weighted by Crippen LogP contribution is -2.02. The Morgan fingerprint density at radius 2 is 1.94 bits per heavy atom. The van der Waals surface area contributed by atoms with Crippen LogP contribution in [0, 0.1) is 6.07 Å². The largest absolute Gasteiger partial charge is 0.497 e. The first-order chi connectivity index (χ1) is 8.85. The van der Waals surface area contributed by atoms with Crippen LogP contribution in [0.2, 0.25) is 0 Å². The van der Waals surface area contributed by atoms with Crippen molar-refractivity contribution < 1.29 is 14.6 Å². The van der Waals surface area contributed by atoms with E-state index in [1.807, 2.05) is 36.4 Å². The van der Waals surface area contributed by atoms with Crippen molar-refractivity contribution in [3.05, 3.63) is 48.5 Å². The van der Waals surface area contributed by atoms with Crippen molar-refractivity contribution in [3.63, 3.8) is 0 Å². The Balaban J connectivity index is 2.30. The van der Waals surface area contributed by atoms with E-state index in [0.717, 1.165) is 22.6 Å². The molecule has 1 N–H and O–H groups in total. The molecule has 1 radical (unpaired) electrons. The molecule has 0 bridgehead atoms. The maximum Gasteiger partial charge on any atom is 0.127 e. The summed E-state index contributed by atoms with van der Waals surface area (Å²) in [4.78, 5) is 0. The molecule has 3 nitrogen and oxygen atoms in total. The van der Waals surface area contributed by atoms with Crippen LogP contribution in [-0.4, -0.2) is 25.4 Å². The molecule has 18 heavy (non-hydrogen) atoms. The first-order valence-electron chi connectivity index (χ1n) is 5.73. The monoisotopic (exact) mass is 243 g/mol. The highest BCUT2D eigenvalue weighted by molar-refractivity contribution is 5.70. The molecular weight excluding hydrogens is 228 g/mol. The van der Waals surface area contributed by atoms with E-state index in [1.165, 1.54) is 0 Å². The van der Waals surface area contributed by atoms with E-state index < -0.39 is 0 Å². The molecular formula is C15H15O3. The quantitative estimate of drug-likeness (QED) is 0.877. The molecule has 0 aliphatic heterocycles. The van der Waals surface area contributed by atoms with E-state index in [4.69, 9.17) is 14.6 Å². The number of hydrogen-bond donors (Lipinski definition) is 1. The van der Waals surface area contributed by atoms with E-state index >= 15 is 0 Å². The van der Waals surface area contributed by atoms with Gasteiger partial charge in [0.05, 0.1) is 13.7 Å². The van der Waals surface area contributed by atoms with Crippen LogP contribution in [0.15, 0.2) is 42.5 Å². The molecule has 2 aromatic carbocycles. The first-order valence-corrected chi connectivity index (χ1v) is 5.73. The van der Waals surface area contributed by atoms with Gasteiger partial charge in [-0.3, -0.25) is 0 Å². The third-order valence-electron chi connectivity index (χ3n) is 2.58. The third-order valence-corrected chi connectivity index (χ3v) is 2.58. The smallest absolute Gasteiger partial charge is 0.127 e. The number of benzene rings is 2. The Bertz CT molecular complexity index is 491. The second-order valence-electron chi connectivity index (χ2n) is 3.72. The highest BCUT2D eigenvalue weighted by Gasteiger charge is 2.05. The van der Waals surface area contributed by atoms with Crippen LogP contribution < -0.4 is 9.47 Å². The zero-order valence-corrected chi connectivity index (χ0v) is 10.2. The number of rotatable bonds is 5. The standard InChI is InChI=1S/C15H15O3/c1-17-13-8-6-12(7-9-13)14-4-2-3-5-15(14)18-11-10-16/h2,4-9,16H,10-11H2,1H3. The van der Waals surface area contributed by atoms with Crippen LogP contribution in [0.1, 0.15) is 0 Å². The zero-order chi connectivity index (χ0) is 12.8. The van der Waals surface area contributed by atoms with Gasteiger partial charge in [-0.05, 0) is 29.8 Å². The van der Waals surface area contributed by atoms with E-state index in [1.54, 1.807) is 13.2 Å². The molecule has 2 rings (SSSR count). The lowest BCUT2D eigenvalue weighted by molar-refractivity contribution is 0.202. The van der Waals surface area contributed by atoms with Crippen LogP contribution in [-0.2, 0) is 0 Å². The third kappa shape index (κ3) is 2.81. The molecule has 0 amide bonds. The summed E-state index contributed by atoms with van der Waals surface area (Å²) < 4.78 is 10.6. The van der Waals surface area contributed by atoms with Gasteiger partial charge in [-0.25, -0.2) is 0 Å². The minimum absolute atomic E-state index is 0.00303. The van der Waals surface area contributed by atoms with Crippen molar-refractivity contribution in [2.75, 3.05) is 20.3 Å². The van der Waals surface area contributed by atoms with E-state index in [9.17, 15) is 0 Å². The van der Waals surface area contributed by atoms with Gasteiger partial charge in [0.15, 0.2) is 0 Å². The molecule has 93 valence electrons. The summed E-state index contributed by atoms with van der Waals surface area (Å²) in [6, 6.07) is 16.3. The Kier molecular flexibility index (Phi) is 4.20. The zero-order valence-electron chi connectivity index (χ0n) is 10.2. The molecule has 0 saturated heterocycles. The average Bonchev–Trinajstić information content (AvgIpc) is 2.45. The molecule has 0 atom stereocenters. The van der Waals surface area contributed by atoms with Gasteiger partial charge < -0.3 is 14.6 Å². The van der Waals surface area contributed by atoms with Crippen molar-refractivity contribution in [2.45, 2.75) is 0 Å². The average molecular weight is 243 g/mol. The molecule has 0 aliphatic rings. The summed E-state index contributed by atoms with van der Waals surface area (Å²) in [5, 5.41) is 8.81. The van der Waals surface area contributed by atoms with Crippen molar-refractivity contribution in [1.82, 2.24) is 0 Å². The maximum absolute atomic E-state index is 8.81. The molecule has 0 saturated carbocycles. The van der Waals surface area contributed by atoms with E-state index in [2.05, 4.69) is 6.07 Å². The van der Waals surface area contributed by atoms with Crippen LogP contribution >= 0.6 is 0 Å². The molecule has 0 aromatic heterocycles. The number of methoxy groups -OCH3 is 1. The minimum Gasteiger partial charge on any atom is -0.497 e. The van der Waals surface area contributed by atoms with Gasteiger partial charge in [-0.2, -0.15) is 0 Å². The summed E-state index contributed by atoms with van der Waals surface area (Å²) in [5.41, 5.74) is 2.02. The molecule has 0 aliphatic carbocycles. The Morgan fingerprint density at radius 1 is 1.17 bits per heavy atom. The molecule has 3 heteroatoms. The summed E-state index contributed by atoms with van der Waals surface area (Å²) >= 11 is 0. The lowest BCUT2D eigenvalue weighted by atomic mass is 10.0. The topological polar surface area (TPSA) is 38.7 Å². The number of aliphatic hydroxyl groups excluding tert-OH is 1. The summed E-state index contributed by atoms with van der Waals surface area (Å²) in [5.74, 6) is 1.54. The summed E-state index contributed by atoms with van der Waals surface area (Å²) in [7, 11) is 1.64. The molecule has 0 fully saturated rings. The fraction of sp³-hybridized carbons (Fsp3) is 0.200. The van der Waals surface area contributed by atoms with Gasteiger partial charge in [0.1, 0.15) is 18.1 Å². The van der Waals surface area contributed by atoms with Gasteiger partial charge in [-0.15, -0.1) is 0 Å². The Morgan fingerprint density at radius 3 is 2.61 bits per heavy atom. The van der Waals surface area contributed by atoms with Crippen LogP contribution in [0.5, 0.6) is 11.5 Å². The predicted molar refractivity (Wildman–Crippen MR) is 69.8 cm³/mol. The molecule has 2 aromatic rings. The second kappa shape index (κ2) is 6.07. The second-order valence-corrected chi connectivity index (χ2v) is 3.72. The van der Waals surface area contributed by atoms with Gasteiger partial charge in [0, 0.05) is 5.56 Å². The van der Waals surface area contributed by atoms with Crippen molar-refractivity contribution in [3.8, 4) is 22.6 Å². The first kappa shape index (κ1) is 12.5. The molecule has 0 heterocycles. The van der Waals surface area contributed by atoms with Gasteiger partial charge in [0.25, 0.3) is 0 Å². The van der Waals surface area contributed by atoms with E-state index in [0.29, 0.717) is 0 Å². The number of hydrogen-bond acceptors (Lipinski definition) is 3. The Labute approximate surface area is 107 Å². The summed E-state index contributed by atoms with van der Waals surface area (Å²) in [6.07, 6.45) is 0. The van der Waals surface area contributed by atoms with Gasteiger partial charge in [0.2, 0.25) is 0 Å². The fourth-order valence-corrected chi connectivity index (χ4v) is 1.70. The van der Waals surface area contributed by atoms with Gasteiger partial charge in [-0.1, -0.05) is 24.3 Å². The van der Waals surface area contributed by atoms with Crippen molar-refractivity contribution >= 4 is 0 Å². The normalized spacial score (nSPS) is 10.1. The lowest BCUT2D eigenvalue weighted by Gasteiger charge is -2.10. The highest BCUT2D eigenvalue weighted by atomic mass is 16.5. The minimum atomic E-state index is -0.00303. The van der Waals surface area contributed by atoms with Gasteiger partial charge >= 0.3 is 0 Å². The highest BCUT2D eigenvalue weighted by Crippen LogP contribution is 2.30. The SMILES string of the molecule is COc1ccc(-c2cc[c]cc2OCCO)cc1. The number of aliphatic hydroxyl groups is 1. The fourth-order valence-electron chi connectivity index (χ4n) is 1.70. The predicted octanol–water partition coefficient (Wildman–Crippen LogP) is 2.53. The summed E-state index contributed by atoms with van der Waals surface area (Å²) in [6.45, 7) is 0.276. The molecule has 0 unspecified atom stereocenters. The van der Waals surface area contributed by atoms with E-state index in [-0.39, 0.29) is 13.2 Å². The maximum atomic E-state index is 8.81. The van der Waals surface area contributed by atoms with Crippen molar-refractivity contribution in [2.24, 2.45) is 0 Å². The van der Waals surface area contributed by atoms with Crippen LogP contribution in [0.25, 0.3) is 11.1 Å². The Hall–Kier alpha value is -2.00.